The van der Waals surface area contributed by atoms with Gasteiger partial charge in [-0.15, -0.1) is 0 Å². The maximum Gasteiger partial charge on any atom is 0.122 e. The number of nitrogens with zero attached hydrogens (tertiary/aromatic N) is 2. The van der Waals surface area contributed by atoms with Crippen LogP contribution in [-0.4, -0.2) is 49.1 Å². The van der Waals surface area contributed by atoms with Gasteiger partial charge in [0.2, 0.25) is 0 Å². The van der Waals surface area contributed by atoms with Crippen molar-refractivity contribution in [2.75, 3.05) is 39.3 Å². The van der Waals surface area contributed by atoms with Crippen molar-refractivity contribution in [2.24, 2.45) is 5.92 Å². The zero-order valence-corrected chi connectivity index (χ0v) is 12.6. The molecule has 1 aromatic heterocycles. The first kappa shape index (κ1) is 14.1. The van der Waals surface area contributed by atoms with Crippen molar-refractivity contribution in [1.82, 2.24) is 15.1 Å². The zero-order valence-electron chi connectivity index (χ0n) is 12.6. The normalized spacial score (nSPS) is 21.4. The van der Waals surface area contributed by atoms with Crippen molar-refractivity contribution in [2.45, 2.75) is 32.9 Å². The molecule has 4 heteroatoms. The SMILES string of the molecule is CCNCc1ccoc1CN1CCN(CC2CC2)CC1. The van der Waals surface area contributed by atoms with E-state index in [9.17, 15) is 0 Å². The van der Waals surface area contributed by atoms with Crippen molar-refractivity contribution in [3.8, 4) is 0 Å². The van der Waals surface area contributed by atoms with Crippen molar-refractivity contribution < 1.29 is 4.42 Å². The average molecular weight is 277 g/mol. The van der Waals surface area contributed by atoms with Gasteiger partial charge in [-0.25, -0.2) is 0 Å². The summed E-state index contributed by atoms with van der Waals surface area (Å²) < 4.78 is 5.67. The molecule has 0 unspecified atom stereocenters. The minimum absolute atomic E-state index is 0.921. The van der Waals surface area contributed by atoms with Gasteiger partial charge in [0.15, 0.2) is 0 Å². The van der Waals surface area contributed by atoms with Crippen molar-refractivity contribution in [3.63, 3.8) is 0 Å². The van der Waals surface area contributed by atoms with E-state index in [1.165, 1.54) is 51.1 Å². The monoisotopic (exact) mass is 277 g/mol. The number of piperazine rings is 1. The largest absolute Gasteiger partial charge is 0.468 e. The van der Waals surface area contributed by atoms with Crippen molar-refractivity contribution in [1.29, 1.82) is 0 Å². The van der Waals surface area contributed by atoms with E-state index in [2.05, 4.69) is 28.1 Å². The molecule has 0 bridgehead atoms. The van der Waals surface area contributed by atoms with Crippen LogP contribution in [0.5, 0.6) is 0 Å². The molecule has 1 aliphatic heterocycles. The highest BCUT2D eigenvalue weighted by atomic mass is 16.3. The Kier molecular flexibility index (Phi) is 4.76. The topological polar surface area (TPSA) is 31.7 Å². The lowest BCUT2D eigenvalue weighted by atomic mass is 10.2. The van der Waals surface area contributed by atoms with Crippen LogP contribution < -0.4 is 5.32 Å². The highest BCUT2D eigenvalue weighted by Crippen LogP contribution is 2.30. The molecule has 0 radical (unpaired) electrons. The highest BCUT2D eigenvalue weighted by Gasteiger charge is 2.26. The summed E-state index contributed by atoms with van der Waals surface area (Å²) in [7, 11) is 0. The lowest BCUT2D eigenvalue weighted by molar-refractivity contribution is 0.117. The quantitative estimate of drug-likeness (QED) is 0.825. The number of rotatable bonds is 7. The van der Waals surface area contributed by atoms with Crippen LogP contribution in [0.1, 0.15) is 31.1 Å². The van der Waals surface area contributed by atoms with Crippen LogP contribution in [0.15, 0.2) is 16.7 Å². The van der Waals surface area contributed by atoms with Crippen LogP contribution in [0.4, 0.5) is 0 Å². The first-order chi connectivity index (χ1) is 9.85. The summed E-state index contributed by atoms with van der Waals surface area (Å²) in [5.74, 6) is 2.15. The molecule has 2 heterocycles. The zero-order chi connectivity index (χ0) is 13.8. The van der Waals surface area contributed by atoms with Crippen LogP contribution in [0.3, 0.4) is 0 Å². The highest BCUT2D eigenvalue weighted by molar-refractivity contribution is 5.16. The van der Waals surface area contributed by atoms with Gasteiger partial charge < -0.3 is 14.6 Å². The van der Waals surface area contributed by atoms with E-state index >= 15 is 0 Å². The smallest absolute Gasteiger partial charge is 0.122 e. The predicted molar refractivity (Wildman–Crippen MR) is 80.5 cm³/mol. The van der Waals surface area contributed by atoms with Gasteiger partial charge in [-0.2, -0.15) is 0 Å². The number of nitrogens with one attached hydrogen (secondary N) is 1. The second-order valence-corrected chi connectivity index (χ2v) is 6.17. The Hall–Kier alpha value is -0.840. The summed E-state index contributed by atoms with van der Waals surface area (Å²) in [5.41, 5.74) is 1.31. The number of hydrogen-bond acceptors (Lipinski definition) is 4. The summed E-state index contributed by atoms with van der Waals surface area (Å²) in [5, 5.41) is 3.38. The summed E-state index contributed by atoms with van der Waals surface area (Å²) in [6.45, 7) is 11.2. The molecule has 112 valence electrons. The van der Waals surface area contributed by atoms with Gasteiger partial charge in [0.25, 0.3) is 0 Å². The maximum absolute atomic E-state index is 5.67. The molecule has 3 rings (SSSR count). The van der Waals surface area contributed by atoms with Crippen LogP contribution in [0.25, 0.3) is 0 Å². The first-order valence-electron chi connectivity index (χ1n) is 8.06. The number of hydrogen-bond donors (Lipinski definition) is 1. The third kappa shape index (κ3) is 3.84. The van der Waals surface area contributed by atoms with E-state index in [0.29, 0.717) is 0 Å². The Balaban J connectivity index is 1.45. The second-order valence-electron chi connectivity index (χ2n) is 6.17. The summed E-state index contributed by atoms with van der Waals surface area (Å²) in [6.07, 6.45) is 4.74. The molecule has 0 aromatic carbocycles. The summed E-state index contributed by atoms with van der Waals surface area (Å²) in [4.78, 5) is 5.16. The van der Waals surface area contributed by atoms with E-state index in [0.717, 1.165) is 31.3 Å². The van der Waals surface area contributed by atoms with Gasteiger partial charge in [0.1, 0.15) is 5.76 Å². The van der Waals surface area contributed by atoms with E-state index in [1.807, 2.05) is 6.26 Å². The van der Waals surface area contributed by atoms with Gasteiger partial charge in [0, 0.05) is 44.8 Å². The molecule has 20 heavy (non-hydrogen) atoms. The Labute approximate surface area is 122 Å². The molecular weight excluding hydrogens is 250 g/mol. The Morgan fingerprint density at radius 3 is 2.65 bits per heavy atom. The third-order valence-electron chi connectivity index (χ3n) is 4.45. The molecule has 2 aliphatic rings. The van der Waals surface area contributed by atoms with Crippen molar-refractivity contribution in [3.05, 3.63) is 23.7 Å². The van der Waals surface area contributed by atoms with Gasteiger partial charge in [-0.3, -0.25) is 4.90 Å². The average Bonchev–Trinajstić information content (AvgIpc) is 3.17. The lowest BCUT2D eigenvalue weighted by Crippen LogP contribution is -2.46. The minimum atomic E-state index is 0.921. The number of furan rings is 1. The lowest BCUT2D eigenvalue weighted by Gasteiger charge is -2.34. The fourth-order valence-electron chi connectivity index (χ4n) is 2.92. The molecule has 0 spiro atoms. The van der Waals surface area contributed by atoms with Crippen LogP contribution >= 0.6 is 0 Å². The standard InChI is InChI=1S/C16H27N3O/c1-2-17-11-15-5-10-20-16(15)13-19-8-6-18(7-9-19)12-14-3-4-14/h5,10,14,17H,2-4,6-9,11-13H2,1H3. The fraction of sp³-hybridized carbons (Fsp3) is 0.750. The van der Waals surface area contributed by atoms with Crippen LogP contribution in [-0.2, 0) is 13.1 Å². The molecular formula is C16H27N3O. The van der Waals surface area contributed by atoms with Gasteiger partial charge in [0.05, 0.1) is 12.8 Å². The first-order valence-corrected chi connectivity index (χ1v) is 8.06. The second kappa shape index (κ2) is 6.74. The summed E-state index contributed by atoms with van der Waals surface area (Å²) >= 11 is 0. The molecule has 1 saturated heterocycles. The Morgan fingerprint density at radius 1 is 1.20 bits per heavy atom. The fourth-order valence-corrected chi connectivity index (χ4v) is 2.92. The molecule has 1 saturated carbocycles. The van der Waals surface area contributed by atoms with Gasteiger partial charge in [-0.1, -0.05) is 6.92 Å². The maximum atomic E-state index is 5.67. The minimum Gasteiger partial charge on any atom is -0.468 e. The molecule has 1 aromatic rings. The molecule has 0 amide bonds. The molecule has 4 nitrogen and oxygen atoms in total. The van der Waals surface area contributed by atoms with Crippen molar-refractivity contribution >= 4 is 0 Å². The van der Waals surface area contributed by atoms with Gasteiger partial charge >= 0.3 is 0 Å². The van der Waals surface area contributed by atoms with E-state index < -0.39 is 0 Å². The van der Waals surface area contributed by atoms with E-state index in [1.54, 1.807) is 0 Å². The van der Waals surface area contributed by atoms with Gasteiger partial charge in [-0.05, 0) is 31.4 Å². The Morgan fingerprint density at radius 2 is 1.95 bits per heavy atom. The Bertz CT molecular complexity index is 406. The van der Waals surface area contributed by atoms with E-state index in [-0.39, 0.29) is 0 Å². The molecule has 0 atom stereocenters. The summed E-state index contributed by atoms with van der Waals surface area (Å²) in [6, 6.07) is 2.10. The van der Waals surface area contributed by atoms with Crippen LogP contribution in [0, 0.1) is 5.92 Å². The molecule has 1 aliphatic carbocycles. The van der Waals surface area contributed by atoms with E-state index in [4.69, 9.17) is 4.42 Å². The third-order valence-corrected chi connectivity index (χ3v) is 4.45. The molecule has 1 N–H and O–H groups in total. The molecule has 2 fully saturated rings. The predicted octanol–water partition coefficient (Wildman–Crippen LogP) is 1.92. The van der Waals surface area contributed by atoms with Crippen LogP contribution in [0.2, 0.25) is 0 Å².